The lowest BCUT2D eigenvalue weighted by Gasteiger charge is -2.19. The first-order chi connectivity index (χ1) is 11.4. The monoisotopic (exact) mass is 365 g/mol. The second-order valence-corrected chi connectivity index (χ2v) is 6.75. The molecule has 3 nitrogen and oxygen atoms in total. The number of carbonyl (C=O) groups is 1. The third-order valence-electron chi connectivity index (χ3n) is 3.68. The fraction of sp³-hybridized carbons (Fsp3) is 0.316. The van der Waals surface area contributed by atoms with Gasteiger partial charge in [0.1, 0.15) is 5.75 Å². The molecule has 0 radical (unpaired) electrons. The van der Waals surface area contributed by atoms with Crippen molar-refractivity contribution in [3.05, 3.63) is 63.6 Å². The zero-order valence-electron chi connectivity index (χ0n) is 14.0. The number of halogens is 2. The highest BCUT2D eigenvalue weighted by Crippen LogP contribution is 2.26. The summed E-state index contributed by atoms with van der Waals surface area (Å²) in [5, 5.41) is 3.93. The van der Waals surface area contributed by atoms with Gasteiger partial charge in [-0.15, -0.1) is 0 Å². The summed E-state index contributed by atoms with van der Waals surface area (Å²) in [6, 6.07) is 13.0. The molecule has 0 unspecified atom stereocenters. The van der Waals surface area contributed by atoms with Gasteiger partial charge in [0.15, 0.2) is 6.10 Å². The van der Waals surface area contributed by atoms with Gasteiger partial charge in [-0.25, -0.2) is 0 Å². The molecule has 1 atom stereocenters. The third kappa shape index (κ3) is 4.89. The van der Waals surface area contributed by atoms with Crippen LogP contribution < -0.4 is 10.1 Å². The highest BCUT2D eigenvalue weighted by Gasteiger charge is 2.17. The number of ether oxygens (including phenoxy) is 1. The fourth-order valence-corrected chi connectivity index (χ4v) is 2.78. The molecular formula is C19H21Cl2NO2. The van der Waals surface area contributed by atoms with E-state index in [0.29, 0.717) is 22.5 Å². The van der Waals surface area contributed by atoms with Crippen LogP contribution in [-0.4, -0.2) is 12.0 Å². The van der Waals surface area contributed by atoms with E-state index in [0.717, 1.165) is 16.9 Å². The molecule has 0 fully saturated rings. The number of hydrogen-bond acceptors (Lipinski definition) is 2. The van der Waals surface area contributed by atoms with Crippen molar-refractivity contribution >= 4 is 29.1 Å². The predicted octanol–water partition coefficient (Wildman–Crippen LogP) is 5.20. The van der Waals surface area contributed by atoms with Crippen molar-refractivity contribution in [1.29, 1.82) is 0 Å². The number of carbonyl (C=O) groups excluding carboxylic acids is 1. The molecular weight excluding hydrogens is 345 g/mol. The number of hydrogen-bond donors (Lipinski definition) is 1. The Morgan fingerprint density at radius 1 is 1.12 bits per heavy atom. The van der Waals surface area contributed by atoms with E-state index in [1.54, 1.807) is 25.1 Å². The summed E-state index contributed by atoms with van der Waals surface area (Å²) in [5.74, 6) is 0.864. The van der Waals surface area contributed by atoms with Crippen LogP contribution in [-0.2, 0) is 11.3 Å². The standard InChI is InChI=1S/C19H21Cl2NO2/c1-12(2)16-6-4-5-7-18(16)24-13(3)19(23)22-11-14-8-9-15(20)10-17(14)21/h4-10,12-13H,11H2,1-3H3,(H,22,23)/t13-/m1/s1. The molecule has 0 bridgehead atoms. The van der Waals surface area contributed by atoms with E-state index < -0.39 is 6.10 Å². The highest BCUT2D eigenvalue weighted by atomic mass is 35.5. The van der Waals surface area contributed by atoms with Crippen molar-refractivity contribution in [2.75, 3.05) is 0 Å². The normalized spacial score (nSPS) is 12.1. The molecule has 2 aromatic carbocycles. The number of nitrogens with one attached hydrogen (secondary N) is 1. The SMILES string of the molecule is CC(C)c1ccccc1O[C@H](C)C(=O)NCc1ccc(Cl)cc1Cl. The maximum absolute atomic E-state index is 12.3. The second-order valence-electron chi connectivity index (χ2n) is 5.91. The summed E-state index contributed by atoms with van der Waals surface area (Å²) < 4.78 is 5.84. The number of para-hydroxylation sites is 1. The summed E-state index contributed by atoms with van der Waals surface area (Å²) in [6.07, 6.45) is -0.601. The second kappa shape index (κ2) is 8.41. The van der Waals surface area contributed by atoms with Gasteiger partial charge in [-0.05, 0) is 42.2 Å². The predicted molar refractivity (Wildman–Crippen MR) is 98.9 cm³/mol. The first kappa shape index (κ1) is 18.6. The van der Waals surface area contributed by atoms with Crippen LogP contribution in [0, 0.1) is 0 Å². The Kier molecular flexibility index (Phi) is 6.52. The summed E-state index contributed by atoms with van der Waals surface area (Å²) >= 11 is 12.0. The number of rotatable bonds is 6. The minimum absolute atomic E-state index is 0.195. The molecule has 0 saturated carbocycles. The molecule has 128 valence electrons. The molecule has 0 spiro atoms. The van der Waals surface area contributed by atoms with Crippen molar-refractivity contribution < 1.29 is 9.53 Å². The van der Waals surface area contributed by atoms with Crippen LogP contribution in [0.5, 0.6) is 5.75 Å². The number of benzene rings is 2. The van der Waals surface area contributed by atoms with Crippen LogP contribution in [0.15, 0.2) is 42.5 Å². The van der Waals surface area contributed by atoms with Gasteiger partial charge in [0.05, 0.1) is 0 Å². The largest absolute Gasteiger partial charge is 0.481 e. The topological polar surface area (TPSA) is 38.3 Å². The van der Waals surface area contributed by atoms with E-state index in [9.17, 15) is 4.79 Å². The minimum atomic E-state index is -0.601. The van der Waals surface area contributed by atoms with E-state index in [-0.39, 0.29) is 5.91 Å². The molecule has 0 aliphatic carbocycles. The van der Waals surface area contributed by atoms with Crippen molar-refractivity contribution in [3.63, 3.8) is 0 Å². The Morgan fingerprint density at radius 3 is 2.50 bits per heavy atom. The molecule has 24 heavy (non-hydrogen) atoms. The van der Waals surface area contributed by atoms with Crippen LogP contribution in [0.2, 0.25) is 10.0 Å². The molecule has 2 aromatic rings. The fourth-order valence-electron chi connectivity index (χ4n) is 2.30. The zero-order valence-corrected chi connectivity index (χ0v) is 15.5. The highest BCUT2D eigenvalue weighted by molar-refractivity contribution is 6.35. The van der Waals surface area contributed by atoms with E-state index in [1.165, 1.54) is 0 Å². The molecule has 0 aliphatic heterocycles. The summed E-state index contributed by atoms with van der Waals surface area (Å²) in [4.78, 5) is 12.3. The number of amides is 1. The van der Waals surface area contributed by atoms with Crippen LogP contribution in [0.1, 0.15) is 37.8 Å². The lowest BCUT2D eigenvalue weighted by atomic mass is 10.0. The smallest absolute Gasteiger partial charge is 0.261 e. The maximum Gasteiger partial charge on any atom is 0.261 e. The van der Waals surface area contributed by atoms with Crippen LogP contribution >= 0.6 is 23.2 Å². The maximum atomic E-state index is 12.3. The van der Waals surface area contributed by atoms with E-state index in [4.69, 9.17) is 27.9 Å². The molecule has 1 amide bonds. The molecule has 0 heterocycles. The van der Waals surface area contributed by atoms with E-state index >= 15 is 0 Å². The Bertz CT molecular complexity index is 716. The van der Waals surface area contributed by atoms with E-state index in [2.05, 4.69) is 19.2 Å². The van der Waals surface area contributed by atoms with Crippen LogP contribution in [0.4, 0.5) is 0 Å². The van der Waals surface area contributed by atoms with E-state index in [1.807, 2.05) is 24.3 Å². The van der Waals surface area contributed by atoms with Crippen LogP contribution in [0.3, 0.4) is 0 Å². The molecule has 0 aromatic heterocycles. The van der Waals surface area contributed by atoms with Gasteiger partial charge in [0.2, 0.25) is 0 Å². The molecule has 0 aliphatic rings. The summed E-state index contributed by atoms with van der Waals surface area (Å²) in [6.45, 7) is 6.25. The quantitative estimate of drug-likeness (QED) is 0.763. The van der Waals surface area contributed by atoms with Crippen molar-refractivity contribution in [2.24, 2.45) is 0 Å². The molecule has 2 rings (SSSR count). The Balaban J connectivity index is 1.98. The lowest BCUT2D eigenvalue weighted by molar-refractivity contribution is -0.127. The average Bonchev–Trinajstić information content (AvgIpc) is 2.54. The van der Waals surface area contributed by atoms with Gasteiger partial charge < -0.3 is 10.1 Å². The van der Waals surface area contributed by atoms with Gasteiger partial charge in [0, 0.05) is 16.6 Å². The van der Waals surface area contributed by atoms with Gasteiger partial charge in [0.25, 0.3) is 5.91 Å². The Morgan fingerprint density at radius 2 is 1.83 bits per heavy atom. The molecule has 1 N–H and O–H groups in total. The van der Waals surface area contributed by atoms with Crippen molar-refractivity contribution in [3.8, 4) is 5.75 Å². The first-order valence-electron chi connectivity index (χ1n) is 7.85. The van der Waals surface area contributed by atoms with Crippen molar-refractivity contribution in [2.45, 2.75) is 39.3 Å². The van der Waals surface area contributed by atoms with Crippen molar-refractivity contribution in [1.82, 2.24) is 5.32 Å². The van der Waals surface area contributed by atoms with Gasteiger partial charge in [-0.2, -0.15) is 0 Å². The third-order valence-corrected chi connectivity index (χ3v) is 4.27. The Hall–Kier alpha value is -1.71. The van der Waals surface area contributed by atoms with Gasteiger partial charge >= 0.3 is 0 Å². The zero-order chi connectivity index (χ0) is 17.7. The minimum Gasteiger partial charge on any atom is -0.481 e. The van der Waals surface area contributed by atoms with Gasteiger partial charge in [-0.1, -0.05) is 61.3 Å². The molecule has 5 heteroatoms. The first-order valence-corrected chi connectivity index (χ1v) is 8.61. The van der Waals surface area contributed by atoms with Gasteiger partial charge in [-0.3, -0.25) is 4.79 Å². The molecule has 0 saturated heterocycles. The Labute approximate surface area is 152 Å². The van der Waals surface area contributed by atoms with Crippen LogP contribution in [0.25, 0.3) is 0 Å². The summed E-state index contributed by atoms with van der Waals surface area (Å²) in [5.41, 5.74) is 1.89. The lowest BCUT2D eigenvalue weighted by Crippen LogP contribution is -2.36. The summed E-state index contributed by atoms with van der Waals surface area (Å²) in [7, 11) is 0. The average molecular weight is 366 g/mol.